The van der Waals surface area contributed by atoms with Crippen LogP contribution in [0.2, 0.25) is 0 Å². The Kier molecular flexibility index (Phi) is 6.12. The van der Waals surface area contributed by atoms with Gasteiger partial charge in [0.15, 0.2) is 11.5 Å². The van der Waals surface area contributed by atoms with Gasteiger partial charge in [-0.3, -0.25) is 18.9 Å². The third-order valence-corrected chi connectivity index (χ3v) is 9.25. The van der Waals surface area contributed by atoms with Crippen molar-refractivity contribution in [3.8, 4) is 18.0 Å². The third kappa shape index (κ3) is 4.19. The van der Waals surface area contributed by atoms with Crippen molar-refractivity contribution in [3.63, 3.8) is 0 Å². The fourth-order valence-corrected chi connectivity index (χ4v) is 7.23. The number of hydrogen-bond acceptors (Lipinski definition) is 6. The molecule has 0 aliphatic heterocycles. The third-order valence-electron chi connectivity index (χ3n) is 8.12. The molecule has 2 aliphatic rings. The zero-order valence-electron chi connectivity index (χ0n) is 23.3. The van der Waals surface area contributed by atoms with Crippen molar-refractivity contribution in [2.24, 2.45) is 0 Å². The Morgan fingerprint density at radius 2 is 1.93 bits per heavy atom. The molecule has 1 amide bonds. The smallest absolute Gasteiger partial charge is 0.300 e. The normalized spacial score (nSPS) is 17.4. The molecule has 3 atom stereocenters. The van der Waals surface area contributed by atoms with Gasteiger partial charge in [-0.05, 0) is 66.0 Å². The molecule has 5 aromatic rings. The Morgan fingerprint density at radius 1 is 1.14 bits per heavy atom. The Labute approximate surface area is 247 Å². The van der Waals surface area contributed by atoms with Crippen molar-refractivity contribution >= 4 is 38.4 Å². The van der Waals surface area contributed by atoms with Crippen molar-refractivity contribution in [2.45, 2.75) is 38.1 Å². The fourth-order valence-electron chi connectivity index (χ4n) is 6.38. The lowest BCUT2D eigenvalue weighted by molar-refractivity contribution is 0.0941. The average Bonchev–Trinajstić information content (AvgIpc) is 3.59. The van der Waals surface area contributed by atoms with Crippen LogP contribution in [0.3, 0.4) is 0 Å². The van der Waals surface area contributed by atoms with E-state index >= 15 is 0 Å². The number of aromatic nitrogens is 4. The van der Waals surface area contributed by atoms with E-state index in [1.807, 2.05) is 49.4 Å². The molecule has 0 unspecified atom stereocenters. The summed E-state index contributed by atoms with van der Waals surface area (Å²) < 4.78 is 32.8. The molecule has 216 valence electrons. The summed E-state index contributed by atoms with van der Waals surface area (Å²) >= 11 is 0. The van der Waals surface area contributed by atoms with Crippen LogP contribution in [0.4, 0.5) is 5.82 Å². The highest BCUT2D eigenvalue weighted by atomic mass is 32.2. The van der Waals surface area contributed by atoms with Crippen LogP contribution in [0, 0.1) is 12.3 Å². The SMILES string of the molecule is C#Cc1ccc2c3c(c([C@@H](C)NC(=O)c4c(NS(=O)(=O)NCC)nn5cccnc45)n(-c4ccccc4)c(=O)c13)[C@H]1C[C@@H]21. The van der Waals surface area contributed by atoms with Crippen LogP contribution in [-0.2, 0) is 10.2 Å². The maximum Gasteiger partial charge on any atom is 0.300 e. The number of para-hydroxylation sites is 1. The lowest BCUT2D eigenvalue weighted by Gasteiger charge is -2.25. The molecule has 3 heterocycles. The van der Waals surface area contributed by atoms with Gasteiger partial charge in [-0.2, -0.15) is 13.1 Å². The largest absolute Gasteiger partial charge is 0.344 e. The molecule has 1 saturated carbocycles. The minimum atomic E-state index is -4.00. The van der Waals surface area contributed by atoms with E-state index in [0.717, 1.165) is 22.9 Å². The molecule has 3 N–H and O–H groups in total. The monoisotopic (exact) mass is 593 g/mol. The summed E-state index contributed by atoms with van der Waals surface area (Å²) in [4.78, 5) is 32.6. The van der Waals surface area contributed by atoms with Gasteiger partial charge in [-0.25, -0.2) is 9.50 Å². The first-order valence-electron chi connectivity index (χ1n) is 13.9. The van der Waals surface area contributed by atoms with Gasteiger partial charge in [-0.1, -0.05) is 37.1 Å². The molecule has 3 aromatic heterocycles. The van der Waals surface area contributed by atoms with Gasteiger partial charge in [0.2, 0.25) is 0 Å². The number of nitrogens with zero attached hydrogens (tertiary/aromatic N) is 4. The summed E-state index contributed by atoms with van der Waals surface area (Å²) in [5, 5.41) is 8.69. The number of rotatable bonds is 8. The predicted molar refractivity (Wildman–Crippen MR) is 163 cm³/mol. The number of nitrogens with one attached hydrogen (secondary N) is 3. The van der Waals surface area contributed by atoms with Crippen LogP contribution in [-0.4, -0.2) is 40.0 Å². The first-order valence-corrected chi connectivity index (χ1v) is 15.4. The zero-order valence-corrected chi connectivity index (χ0v) is 24.1. The highest BCUT2D eigenvalue weighted by molar-refractivity contribution is 7.90. The maximum atomic E-state index is 14.3. The maximum absolute atomic E-state index is 14.3. The molecule has 0 spiro atoms. The average molecular weight is 594 g/mol. The van der Waals surface area contributed by atoms with Crippen LogP contribution in [0.15, 0.2) is 65.7 Å². The van der Waals surface area contributed by atoms with Gasteiger partial charge in [-0.15, -0.1) is 11.5 Å². The number of pyridine rings is 1. The second-order valence-corrected chi connectivity index (χ2v) is 12.2. The van der Waals surface area contributed by atoms with E-state index in [1.54, 1.807) is 23.8 Å². The number of terminal acetylenes is 1. The number of carbonyl (C=O) groups excluding carboxylic acids is 1. The van der Waals surface area contributed by atoms with E-state index in [-0.39, 0.29) is 35.1 Å². The fraction of sp³-hybridized carbons (Fsp3) is 0.226. The van der Waals surface area contributed by atoms with Crippen molar-refractivity contribution < 1.29 is 13.2 Å². The number of fused-ring (bicyclic) bond motifs is 4. The molecule has 0 radical (unpaired) electrons. The summed E-state index contributed by atoms with van der Waals surface area (Å²) in [7, 11) is -4.00. The molecule has 0 bridgehead atoms. The number of benzene rings is 2. The summed E-state index contributed by atoms with van der Waals surface area (Å²) in [6, 6.07) is 14.1. The molecule has 0 saturated heterocycles. The number of anilines is 1. The first kappa shape index (κ1) is 26.9. The number of hydrogen-bond donors (Lipinski definition) is 3. The molecule has 2 aliphatic carbocycles. The standard InChI is InChI=1S/C31H27N7O4S/c1-4-18-12-13-20-21-16-22(21)25-24(20)23(18)31(40)38(19-10-7-6-8-11-19)27(25)17(3)34-30(39)26-28(36-43(41,42)33-5-2)35-37-15-9-14-32-29(26)37/h1,6-15,17,21-22,33H,5,16H2,2-3H3,(H,34,39)(H,35,36)/t17-,21+,22+/m1/s1. The second-order valence-electron chi connectivity index (χ2n) is 10.7. The minimum Gasteiger partial charge on any atom is -0.344 e. The summed E-state index contributed by atoms with van der Waals surface area (Å²) in [5.74, 6) is 2.43. The van der Waals surface area contributed by atoms with Crippen LogP contribution in [0.25, 0.3) is 22.1 Å². The van der Waals surface area contributed by atoms with Crippen LogP contribution in [0.5, 0.6) is 0 Å². The van der Waals surface area contributed by atoms with E-state index in [4.69, 9.17) is 6.42 Å². The molecule has 11 nitrogen and oxygen atoms in total. The molecular formula is C31H27N7O4S. The van der Waals surface area contributed by atoms with Crippen molar-refractivity contribution in [3.05, 3.63) is 99.2 Å². The molecule has 43 heavy (non-hydrogen) atoms. The van der Waals surface area contributed by atoms with Gasteiger partial charge < -0.3 is 5.32 Å². The van der Waals surface area contributed by atoms with E-state index in [2.05, 4.69) is 30.8 Å². The topological polar surface area (TPSA) is 139 Å². The molecule has 7 rings (SSSR count). The van der Waals surface area contributed by atoms with Gasteiger partial charge in [0.05, 0.1) is 17.1 Å². The Morgan fingerprint density at radius 3 is 2.67 bits per heavy atom. The van der Waals surface area contributed by atoms with Gasteiger partial charge >= 0.3 is 0 Å². The Balaban J connectivity index is 1.40. The van der Waals surface area contributed by atoms with E-state index in [0.29, 0.717) is 28.2 Å². The Bertz CT molecular complexity index is 2180. The summed E-state index contributed by atoms with van der Waals surface area (Å²) in [6.07, 6.45) is 9.88. The van der Waals surface area contributed by atoms with Crippen LogP contribution >= 0.6 is 0 Å². The minimum absolute atomic E-state index is 0.0423. The van der Waals surface area contributed by atoms with Crippen molar-refractivity contribution in [2.75, 3.05) is 11.3 Å². The molecule has 1 fully saturated rings. The van der Waals surface area contributed by atoms with Crippen LogP contribution < -0.4 is 20.3 Å². The predicted octanol–water partition coefficient (Wildman–Crippen LogP) is 3.36. The quantitative estimate of drug-likeness (QED) is 0.236. The van der Waals surface area contributed by atoms with Gasteiger partial charge in [0, 0.05) is 30.2 Å². The van der Waals surface area contributed by atoms with Crippen LogP contribution in [0.1, 0.15) is 70.9 Å². The molecular weight excluding hydrogens is 566 g/mol. The summed E-state index contributed by atoms with van der Waals surface area (Å²) in [5.41, 5.74) is 3.84. The van der Waals surface area contributed by atoms with Gasteiger partial charge in [0.1, 0.15) is 5.56 Å². The first-order chi connectivity index (χ1) is 20.7. The van der Waals surface area contributed by atoms with Crippen molar-refractivity contribution in [1.82, 2.24) is 29.2 Å². The zero-order chi connectivity index (χ0) is 30.0. The highest BCUT2D eigenvalue weighted by Crippen LogP contribution is 2.64. The molecule has 12 heteroatoms. The van der Waals surface area contributed by atoms with E-state index in [1.165, 1.54) is 10.7 Å². The summed E-state index contributed by atoms with van der Waals surface area (Å²) in [6.45, 7) is 3.60. The lowest BCUT2D eigenvalue weighted by atomic mass is 9.94. The highest BCUT2D eigenvalue weighted by Gasteiger charge is 2.50. The van der Waals surface area contributed by atoms with Gasteiger partial charge in [0.25, 0.3) is 21.7 Å². The van der Waals surface area contributed by atoms with E-state index in [9.17, 15) is 18.0 Å². The number of carbonyl (C=O) groups is 1. The van der Waals surface area contributed by atoms with Crippen molar-refractivity contribution in [1.29, 1.82) is 0 Å². The Hall–Kier alpha value is -4.99. The molecule has 2 aromatic carbocycles. The number of amides is 1. The van der Waals surface area contributed by atoms with E-state index < -0.39 is 22.2 Å². The lowest BCUT2D eigenvalue weighted by Crippen LogP contribution is -2.34. The second kappa shape index (κ2) is 9.79.